The molecule has 6 heteroatoms. The van der Waals surface area contributed by atoms with Gasteiger partial charge in [0.2, 0.25) is 5.91 Å². The zero-order valence-corrected chi connectivity index (χ0v) is 16.3. The number of para-hydroxylation sites is 1. The molecule has 0 saturated carbocycles. The molecule has 1 aromatic carbocycles. The summed E-state index contributed by atoms with van der Waals surface area (Å²) in [4.78, 5) is 29.3. The molecule has 1 atom stereocenters. The first-order chi connectivity index (χ1) is 13.1. The van der Waals surface area contributed by atoms with Gasteiger partial charge in [0.25, 0.3) is 5.91 Å². The van der Waals surface area contributed by atoms with Gasteiger partial charge in [0.15, 0.2) is 0 Å². The maximum atomic E-state index is 12.7. The number of carbonyl (C=O) groups excluding carboxylic acids is 2. The quantitative estimate of drug-likeness (QED) is 0.884. The Labute approximate surface area is 163 Å². The molecular weight excluding hydrogens is 360 g/mol. The molecule has 1 aliphatic heterocycles. The summed E-state index contributed by atoms with van der Waals surface area (Å²) in [5, 5.41) is 3.07. The van der Waals surface area contributed by atoms with Gasteiger partial charge in [-0.15, -0.1) is 11.3 Å². The molecule has 142 valence electrons. The highest BCUT2D eigenvalue weighted by atomic mass is 32.1. The number of nitrogens with one attached hydrogen (secondary N) is 1. The van der Waals surface area contributed by atoms with Crippen molar-refractivity contribution < 1.29 is 14.3 Å². The van der Waals surface area contributed by atoms with Crippen molar-refractivity contribution >= 4 is 28.8 Å². The lowest BCUT2D eigenvalue weighted by molar-refractivity contribution is -0.120. The number of rotatable bonds is 3. The molecule has 2 amide bonds. The number of morpholine rings is 1. The molecule has 2 heterocycles. The molecule has 5 nitrogen and oxygen atoms in total. The maximum Gasteiger partial charge on any atom is 0.264 e. The van der Waals surface area contributed by atoms with Crippen molar-refractivity contribution in [1.82, 2.24) is 4.90 Å². The Balaban J connectivity index is 1.44. The molecule has 1 N–H and O–H groups in total. The van der Waals surface area contributed by atoms with Crippen molar-refractivity contribution in [2.24, 2.45) is 5.92 Å². The average molecular weight is 385 g/mol. The Kier molecular flexibility index (Phi) is 5.27. The molecule has 27 heavy (non-hydrogen) atoms. The zero-order valence-electron chi connectivity index (χ0n) is 15.5. The van der Waals surface area contributed by atoms with Crippen LogP contribution in [0.1, 0.15) is 32.1 Å². The van der Waals surface area contributed by atoms with Crippen LogP contribution in [-0.2, 0) is 22.4 Å². The van der Waals surface area contributed by atoms with E-state index in [0.717, 1.165) is 34.5 Å². The fourth-order valence-electron chi connectivity index (χ4n) is 3.72. The highest BCUT2D eigenvalue weighted by Gasteiger charge is 2.29. The molecular formula is C21H24N2O3S. The van der Waals surface area contributed by atoms with E-state index in [1.807, 2.05) is 42.2 Å². The minimum atomic E-state index is -0.0435. The number of hydrogen-bond donors (Lipinski definition) is 1. The fraction of sp³-hybridized carbons (Fsp3) is 0.429. The summed E-state index contributed by atoms with van der Waals surface area (Å²) < 4.78 is 5.33. The Hall–Kier alpha value is -2.18. The molecule has 1 aromatic heterocycles. The third-order valence-corrected chi connectivity index (χ3v) is 6.59. The number of carbonyl (C=O) groups is 2. The molecule has 0 unspecified atom stereocenters. The van der Waals surface area contributed by atoms with Crippen LogP contribution in [0.3, 0.4) is 0 Å². The summed E-state index contributed by atoms with van der Waals surface area (Å²) >= 11 is 1.59. The first-order valence-electron chi connectivity index (χ1n) is 9.47. The number of ether oxygens (including phenoxy) is 1. The summed E-state index contributed by atoms with van der Waals surface area (Å²) in [7, 11) is 0. The third kappa shape index (κ3) is 3.92. The summed E-state index contributed by atoms with van der Waals surface area (Å²) in [5.74, 6) is 0.124. The Morgan fingerprint density at radius 1 is 1.22 bits per heavy atom. The van der Waals surface area contributed by atoms with Gasteiger partial charge in [-0.3, -0.25) is 9.59 Å². The Bertz CT molecular complexity index is 855. The predicted molar refractivity (Wildman–Crippen MR) is 106 cm³/mol. The second-order valence-corrected chi connectivity index (χ2v) is 8.34. The summed E-state index contributed by atoms with van der Waals surface area (Å²) in [5.41, 5.74) is 3.10. The van der Waals surface area contributed by atoms with Crippen LogP contribution in [0.2, 0.25) is 0 Å². The minimum absolute atomic E-state index is 0.0435. The van der Waals surface area contributed by atoms with E-state index in [1.54, 1.807) is 11.3 Å². The number of thiophene rings is 1. The van der Waals surface area contributed by atoms with Crippen molar-refractivity contribution in [2.75, 3.05) is 31.6 Å². The number of nitrogens with zero attached hydrogens (tertiary/aromatic N) is 1. The van der Waals surface area contributed by atoms with E-state index in [1.165, 1.54) is 4.88 Å². The Morgan fingerprint density at radius 3 is 2.78 bits per heavy atom. The Morgan fingerprint density at radius 2 is 2.00 bits per heavy atom. The van der Waals surface area contributed by atoms with Crippen LogP contribution in [-0.4, -0.2) is 43.0 Å². The molecule has 1 fully saturated rings. The summed E-state index contributed by atoms with van der Waals surface area (Å²) in [6, 6.07) is 9.84. The standard InChI is InChI=1S/C21H24N2O3S/c1-14-4-2-3-5-17(14)22-20(24)15-6-7-18-16(12-15)13-19(27-18)21(25)23-8-10-26-11-9-23/h2-5,13,15H,6-12H2,1H3,(H,22,24)/t15-/m0/s1. The van der Waals surface area contributed by atoms with Gasteiger partial charge in [-0.25, -0.2) is 0 Å². The van der Waals surface area contributed by atoms with E-state index >= 15 is 0 Å². The fourth-order valence-corrected chi connectivity index (χ4v) is 4.90. The van der Waals surface area contributed by atoms with Crippen molar-refractivity contribution in [1.29, 1.82) is 0 Å². The number of amides is 2. The highest BCUT2D eigenvalue weighted by molar-refractivity contribution is 7.14. The van der Waals surface area contributed by atoms with Crippen LogP contribution >= 0.6 is 11.3 Å². The van der Waals surface area contributed by atoms with Gasteiger partial charge in [-0.2, -0.15) is 0 Å². The number of aryl methyl sites for hydroxylation is 2. The van der Waals surface area contributed by atoms with Crippen LogP contribution in [0.5, 0.6) is 0 Å². The van der Waals surface area contributed by atoms with Gasteiger partial charge < -0.3 is 15.0 Å². The molecule has 2 aliphatic rings. The number of fused-ring (bicyclic) bond motifs is 1. The number of anilines is 1. The van der Waals surface area contributed by atoms with Crippen molar-refractivity contribution in [3.63, 3.8) is 0 Å². The lowest BCUT2D eigenvalue weighted by atomic mass is 9.87. The smallest absolute Gasteiger partial charge is 0.264 e. The molecule has 4 rings (SSSR count). The molecule has 1 aliphatic carbocycles. The van der Waals surface area contributed by atoms with Crippen LogP contribution in [0.15, 0.2) is 30.3 Å². The summed E-state index contributed by atoms with van der Waals surface area (Å²) in [6.07, 6.45) is 2.40. The van der Waals surface area contributed by atoms with Crippen molar-refractivity contribution in [2.45, 2.75) is 26.2 Å². The van der Waals surface area contributed by atoms with Gasteiger partial charge in [0.1, 0.15) is 0 Å². The molecule has 0 bridgehead atoms. The van der Waals surface area contributed by atoms with Gasteiger partial charge in [0.05, 0.1) is 18.1 Å². The maximum absolute atomic E-state index is 12.7. The third-order valence-electron chi connectivity index (χ3n) is 5.37. The van der Waals surface area contributed by atoms with Crippen molar-refractivity contribution in [3.05, 3.63) is 51.2 Å². The molecule has 0 spiro atoms. The second kappa shape index (κ2) is 7.82. The monoisotopic (exact) mass is 384 g/mol. The molecule has 0 radical (unpaired) electrons. The molecule has 2 aromatic rings. The first-order valence-corrected chi connectivity index (χ1v) is 10.3. The largest absolute Gasteiger partial charge is 0.378 e. The van der Waals surface area contributed by atoms with E-state index in [2.05, 4.69) is 5.32 Å². The number of benzene rings is 1. The van der Waals surface area contributed by atoms with E-state index in [4.69, 9.17) is 4.74 Å². The first kappa shape index (κ1) is 18.2. The normalized spacial score (nSPS) is 19.4. The van der Waals surface area contributed by atoms with Gasteiger partial charge in [0, 0.05) is 29.6 Å². The van der Waals surface area contributed by atoms with Crippen LogP contribution in [0.4, 0.5) is 5.69 Å². The minimum Gasteiger partial charge on any atom is -0.378 e. The van der Waals surface area contributed by atoms with Crippen LogP contribution in [0, 0.1) is 12.8 Å². The van der Waals surface area contributed by atoms with Gasteiger partial charge >= 0.3 is 0 Å². The summed E-state index contributed by atoms with van der Waals surface area (Å²) in [6.45, 7) is 4.53. The van der Waals surface area contributed by atoms with Gasteiger partial charge in [-0.1, -0.05) is 18.2 Å². The van der Waals surface area contributed by atoms with E-state index in [9.17, 15) is 9.59 Å². The van der Waals surface area contributed by atoms with Crippen molar-refractivity contribution in [3.8, 4) is 0 Å². The van der Waals surface area contributed by atoms with E-state index in [0.29, 0.717) is 32.7 Å². The molecule has 1 saturated heterocycles. The second-order valence-electron chi connectivity index (χ2n) is 7.21. The van der Waals surface area contributed by atoms with E-state index < -0.39 is 0 Å². The number of hydrogen-bond acceptors (Lipinski definition) is 4. The SMILES string of the molecule is Cc1ccccc1NC(=O)[C@H]1CCc2sc(C(=O)N3CCOCC3)cc2C1. The zero-order chi connectivity index (χ0) is 18.8. The van der Waals surface area contributed by atoms with Gasteiger partial charge in [-0.05, 0) is 49.4 Å². The average Bonchev–Trinajstić information content (AvgIpc) is 3.13. The highest BCUT2D eigenvalue weighted by Crippen LogP contribution is 2.33. The van der Waals surface area contributed by atoms with Crippen LogP contribution in [0.25, 0.3) is 0 Å². The lowest BCUT2D eigenvalue weighted by Crippen LogP contribution is -2.40. The lowest BCUT2D eigenvalue weighted by Gasteiger charge is -2.26. The predicted octanol–water partition coefficient (Wildman–Crippen LogP) is 3.27. The topological polar surface area (TPSA) is 58.6 Å². The van der Waals surface area contributed by atoms with E-state index in [-0.39, 0.29) is 17.7 Å². The van der Waals surface area contributed by atoms with Crippen LogP contribution < -0.4 is 5.32 Å².